The molecule has 1 aliphatic heterocycles. The van der Waals surface area contributed by atoms with Gasteiger partial charge in [-0.3, -0.25) is 0 Å². The number of nitrogens with zero attached hydrogens (tertiary/aromatic N) is 4. The predicted molar refractivity (Wildman–Crippen MR) is 280 cm³/mol. The average Bonchev–Trinajstić information content (AvgIpc) is 4.06. The Morgan fingerprint density at radius 1 is 0.576 bits per heavy atom. The summed E-state index contributed by atoms with van der Waals surface area (Å²) in [4.78, 5) is 14.5. The summed E-state index contributed by atoms with van der Waals surface area (Å²) in [6.45, 7) is 19.8. The number of aryl methyl sites for hydroxylation is 1. The molecule has 9 heteroatoms. The van der Waals surface area contributed by atoms with Crippen molar-refractivity contribution >= 4 is 30.7 Å². The van der Waals surface area contributed by atoms with Crippen molar-refractivity contribution in [3.63, 3.8) is 0 Å². The van der Waals surface area contributed by atoms with Crippen molar-refractivity contribution in [2.24, 2.45) is 0 Å². The highest BCUT2D eigenvalue weighted by molar-refractivity contribution is 6.77. The Hall–Kier alpha value is -6.41. The largest absolute Gasteiger partial charge is 0.489 e. The molecule has 0 radical (unpaired) electrons. The predicted octanol–water partition coefficient (Wildman–Crippen LogP) is 12.1. The number of hydrogen-bond acceptors (Lipinski definition) is 5. The fraction of sp³-hybridized carbons (Fsp3) is 0.263. The third kappa shape index (κ3) is 10.2. The minimum absolute atomic E-state index is 0.0713. The molecule has 0 saturated heterocycles. The van der Waals surface area contributed by atoms with Crippen molar-refractivity contribution in [1.82, 2.24) is 19.4 Å². The molecule has 0 amide bonds. The van der Waals surface area contributed by atoms with Gasteiger partial charge in [0, 0.05) is 41.6 Å². The van der Waals surface area contributed by atoms with Crippen LogP contribution in [0.5, 0.6) is 0 Å². The second kappa shape index (κ2) is 21.3. The molecule has 0 unspecified atom stereocenters. The number of rotatable bonds is 10. The Morgan fingerprint density at radius 2 is 1.06 bits per heavy atom. The van der Waals surface area contributed by atoms with E-state index in [9.17, 15) is 10.0 Å². The zero-order valence-electron chi connectivity index (χ0n) is 40.4. The van der Waals surface area contributed by atoms with Crippen molar-refractivity contribution in [3.05, 3.63) is 186 Å². The summed E-state index contributed by atoms with van der Waals surface area (Å²) >= 11 is 0. The number of nitrogens with one attached hydrogen (secondary N) is 1. The summed E-state index contributed by atoms with van der Waals surface area (Å²) < 4.78 is 2.34. The van der Waals surface area contributed by atoms with Gasteiger partial charge in [0.05, 0.1) is 0 Å². The molecule has 3 N–H and O–H groups in total. The van der Waals surface area contributed by atoms with Gasteiger partial charge in [-0.2, -0.15) is 0 Å². The molecule has 9 rings (SSSR count). The van der Waals surface area contributed by atoms with Crippen LogP contribution < -0.4 is 15.7 Å². The summed E-state index contributed by atoms with van der Waals surface area (Å²) in [7, 11) is 0.788. The first kappa shape index (κ1) is 47.5. The van der Waals surface area contributed by atoms with Crippen LogP contribution in [-0.4, -0.2) is 50.6 Å². The molecule has 6 aromatic carbocycles. The molecule has 1 aliphatic rings. The van der Waals surface area contributed by atoms with E-state index in [2.05, 4.69) is 204 Å². The fourth-order valence-corrected chi connectivity index (χ4v) is 9.31. The number of fused-ring (bicyclic) bond motifs is 3. The Kier molecular flexibility index (Phi) is 15.3. The Balaban J connectivity index is 0.000000163. The first-order chi connectivity index (χ1) is 31.8. The molecule has 0 fully saturated rings. The number of aromatic amines is 1. The number of aromatic nitrogens is 4. The molecule has 66 heavy (non-hydrogen) atoms. The molecule has 336 valence electrons. The maximum Gasteiger partial charge on any atom is 0.489 e. The third-order valence-electron chi connectivity index (χ3n) is 12.7. The number of imidazole rings is 2. The number of benzene rings is 6. The van der Waals surface area contributed by atoms with Gasteiger partial charge in [0.2, 0.25) is 0 Å². The van der Waals surface area contributed by atoms with Gasteiger partial charge in [-0.25, -0.2) is 9.97 Å². The third-order valence-corrected chi connectivity index (χ3v) is 12.7. The smallest absolute Gasteiger partial charge is 0.423 e. The molecule has 2 aromatic heterocycles. The van der Waals surface area contributed by atoms with E-state index >= 15 is 0 Å². The lowest BCUT2D eigenvalue weighted by atomic mass is 9.58. The highest BCUT2D eigenvalue weighted by Gasteiger charge is 2.38. The zero-order valence-corrected chi connectivity index (χ0v) is 40.4. The van der Waals surface area contributed by atoms with Crippen LogP contribution in [0.25, 0.3) is 45.0 Å². The maximum absolute atomic E-state index is 9.80. The van der Waals surface area contributed by atoms with Crippen LogP contribution >= 0.6 is 0 Å². The van der Waals surface area contributed by atoms with Crippen molar-refractivity contribution in [2.75, 3.05) is 11.9 Å². The average molecular weight is 874 g/mol. The number of hydrogen-bond donors (Lipinski definition) is 3. The van der Waals surface area contributed by atoms with Crippen molar-refractivity contribution in [2.45, 2.75) is 92.4 Å². The molecule has 0 atom stereocenters. The molecule has 0 aliphatic carbocycles. The highest BCUT2D eigenvalue weighted by atomic mass is 16.4. The maximum atomic E-state index is 9.80. The van der Waals surface area contributed by atoms with E-state index in [1.807, 2.05) is 36.7 Å². The van der Waals surface area contributed by atoms with Gasteiger partial charge in [0.25, 0.3) is 0 Å². The van der Waals surface area contributed by atoms with Crippen LogP contribution in [0.1, 0.15) is 114 Å². The number of H-pyrrole nitrogens is 1. The van der Waals surface area contributed by atoms with Gasteiger partial charge >= 0.3 is 14.1 Å². The molecule has 7 nitrogen and oxygen atoms in total. The lowest BCUT2D eigenvalue weighted by molar-refractivity contribution is 0.424. The molecule has 0 bridgehead atoms. The highest BCUT2D eigenvalue weighted by Crippen LogP contribution is 2.37. The first-order valence-corrected chi connectivity index (χ1v) is 23.6. The molecule has 0 saturated carbocycles. The zero-order chi connectivity index (χ0) is 47.1. The Bertz CT molecular complexity index is 2760. The SMILES string of the molecule is CC(C)c1cc(-c2ccccc2)cc(C(C)C)c1B(O)O.CC(C)c1cc(-c2ccccc2)cc(C(C)C)c1B1N(C)c2ccccc2-c2nccn21.CCc1ccccc1-c1ncc[nH]1. The van der Waals surface area contributed by atoms with E-state index in [1.54, 1.807) is 6.20 Å². The standard InChI is InChI=1S/C28H30BN3.C18H23BO2.C11H12N2/c1-19(2)24-17-22(21-11-7-6-8-12-21)18-25(20(3)4)27(24)29-31(5)26-14-10-9-13-23(26)28-30-15-16-32(28)29;1-12(2)16-10-15(14-8-6-5-7-9-14)11-17(13(3)4)18(16)19(20)21;1-2-9-5-3-4-6-10(9)11-12-7-8-13-11/h6-20H,1-5H3;5-13,20-21H,1-4H3;3-8H,2H2,1H3,(H,12,13). The lowest BCUT2D eigenvalue weighted by Crippen LogP contribution is -2.56. The molecular formula is C57H65B2N5O2. The minimum Gasteiger partial charge on any atom is -0.423 e. The summed E-state index contributed by atoms with van der Waals surface area (Å²) in [5.74, 6) is 3.29. The van der Waals surface area contributed by atoms with E-state index in [1.165, 1.54) is 50.1 Å². The van der Waals surface area contributed by atoms with Crippen LogP contribution in [0.15, 0.2) is 158 Å². The van der Waals surface area contributed by atoms with Crippen molar-refractivity contribution < 1.29 is 10.0 Å². The normalized spacial score (nSPS) is 11.9. The van der Waals surface area contributed by atoms with E-state index in [4.69, 9.17) is 4.98 Å². The van der Waals surface area contributed by atoms with Gasteiger partial charge in [0.1, 0.15) is 11.6 Å². The van der Waals surface area contributed by atoms with E-state index in [0.717, 1.165) is 40.3 Å². The van der Waals surface area contributed by atoms with Gasteiger partial charge in [-0.05, 0) is 110 Å². The van der Waals surface area contributed by atoms with E-state index in [0.29, 0.717) is 17.3 Å². The second-order valence-electron chi connectivity index (χ2n) is 18.5. The summed E-state index contributed by atoms with van der Waals surface area (Å²) in [5, 5.41) is 19.6. The van der Waals surface area contributed by atoms with Gasteiger partial charge in [-0.15, -0.1) is 0 Å². The summed E-state index contributed by atoms with van der Waals surface area (Å²) in [6.07, 6.45) is 8.73. The lowest BCUT2D eigenvalue weighted by Gasteiger charge is -2.37. The monoisotopic (exact) mass is 874 g/mol. The van der Waals surface area contributed by atoms with Gasteiger partial charge < -0.3 is 24.3 Å². The van der Waals surface area contributed by atoms with Crippen molar-refractivity contribution in [1.29, 1.82) is 0 Å². The Labute approximate surface area is 393 Å². The van der Waals surface area contributed by atoms with E-state index < -0.39 is 7.12 Å². The molecule has 8 aromatic rings. The van der Waals surface area contributed by atoms with Crippen LogP contribution in [0, 0.1) is 0 Å². The van der Waals surface area contributed by atoms with Crippen LogP contribution in [0.3, 0.4) is 0 Å². The van der Waals surface area contributed by atoms with Gasteiger partial charge in [-0.1, -0.05) is 184 Å². The van der Waals surface area contributed by atoms with E-state index in [-0.39, 0.29) is 18.8 Å². The molecular weight excluding hydrogens is 808 g/mol. The summed E-state index contributed by atoms with van der Waals surface area (Å²) in [5.41, 5.74) is 16.7. The van der Waals surface area contributed by atoms with Gasteiger partial charge in [0.15, 0.2) is 0 Å². The van der Waals surface area contributed by atoms with Crippen LogP contribution in [0.2, 0.25) is 0 Å². The first-order valence-electron chi connectivity index (χ1n) is 23.6. The van der Waals surface area contributed by atoms with Crippen LogP contribution in [0.4, 0.5) is 5.69 Å². The second-order valence-corrected chi connectivity index (χ2v) is 18.5. The number of anilines is 1. The number of para-hydroxylation sites is 1. The minimum atomic E-state index is -1.43. The molecule has 0 spiro atoms. The topological polar surface area (TPSA) is 90.2 Å². The fourth-order valence-electron chi connectivity index (χ4n) is 9.31. The quantitative estimate of drug-likeness (QED) is 0.119. The van der Waals surface area contributed by atoms with Crippen molar-refractivity contribution in [3.8, 4) is 45.0 Å². The Morgan fingerprint density at radius 3 is 1.55 bits per heavy atom. The molecule has 3 heterocycles. The summed E-state index contributed by atoms with van der Waals surface area (Å²) in [6, 6.07) is 46.9. The van der Waals surface area contributed by atoms with Crippen LogP contribution in [-0.2, 0) is 6.42 Å².